The van der Waals surface area contributed by atoms with Crippen molar-refractivity contribution in [3.05, 3.63) is 63.8 Å². The maximum atomic E-state index is 9.87. The number of rotatable bonds is 4. The molecule has 0 spiro atoms. The number of aromatic nitrogens is 2. The molecule has 0 saturated heterocycles. The zero-order valence-corrected chi connectivity index (χ0v) is 16.7. The third kappa shape index (κ3) is 4.05. The summed E-state index contributed by atoms with van der Waals surface area (Å²) in [6.07, 6.45) is 7.91. The number of allylic oxidation sites excluding steroid dienone is 1. The van der Waals surface area contributed by atoms with Crippen LogP contribution >= 0.6 is 11.8 Å². The predicted octanol–water partition coefficient (Wildman–Crippen LogP) is 5.06. The number of nitrogens with one attached hydrogen (secondary N) is 2. The molecule has 1 aromatic carbocycles. The molecule has 1 aliphatic carbocycles. The molecule has 2 N–H and O–H groups in total. The second-order valence-electron chi connectivity index (χ2n) is 7.16. The molecule has 1 aliphatic heterocycles. The van der Waals surface area contributed by atoms with Gasteiger partial charge in [0.2, 0.25) is 5.95 Å². The van der Waals surface area contributed by atoms with Gasteiger partial charge in [0.15, 0.2) is 0 Å². The third-order valence-electron chi connectivity index (χ3n) is 5.11. The number of nitrogens with zero attached hydrogens (tertiary/aromatic N) is 3. The van der Waals surface area contributed by atoms with Crippen molar-refractivity contribution in [1.29, 1.82) is 5.26 Å². The molecule has 6 heteroatoms. The Morgan fingerprint density at radius 1 is 1.21 bits per heavy atom. The molecule has 0 atom stereocenters. The number of anilines is 1. The molecular formula is C22H23N5S. The van der Waals surface area contributed by atoms with Crippen LogP contribution < -0.4 is 10.6 Å². The molecule has 4 rings (SSSR count). The molecule has 5 nitrogen and oxygen atoms in total. The van der Waals surface area contributed by atoms with Crippen LogP contribution in [0, 0.1) is 18.3 Å². The zero-order valence-electron chi connectivity index (χ0n) is 15.9. The summed E-state index contributed by atoms with van der Waals surface area (Å²) in [5.74, 6) is 0.611. The first-order chi connectivity index (χ1) is 13.7. The standard InChI is InChI=1S/C22H23N5S/c1-15-13-24-22(25-17-10-6-3-7-11-17)27-20(15)18(12-23)21-26-19(14-28-21)16-8-4-2-5-9-16/h2,4-5,8-9,13-14,17,26H,3,6-7,10-11H2,1H3,(H,24,25,27). The van der Waals surface area contributed by atoms with E-state index in [1.54, 1.807) is 6.20 Å². The number of hydrogen-bond donors (Lipinski definition) is 2. The van der Waals surface area contributed by atoms with Gasteiger partial charge in [0, 0.05) is 17.6 Å². The van der Waals surface area contributed by atoms with Crippen LogP contribution in [0.25, 0.3) is 11.3 Å². The molecule has 0 amide bonds. The number of thioether (sulfide) groups is 1. The molecule has 28 heavy (non-hydrogen) atoms. The highest BCUT2D eigenvalue weighted by Gasteiger charge is 2.21. The van der Waals surface area contributed by atoms with Crippen molar-refractivity contribution in [1.82, 2.24) is 15.3 Å². The van der Waals surface area contributed by atoms with E-state index in [1.807, 2.05) is 30.5 Å². The number of benzene rings is 1. The molecule has 1 saturated carbocycles. The lowest BCUT2D eigenvalue weighted by Gasteiger charge is -2.23. The highest BCUT2D eigenvalue weighted by Crippen LogP contribution is 2.35. The summed E-state index contributed by atoms with van der Waals surface area (Å²) < 4.78 is 0. The fraction of sp³-hybridized carbons (Fsp3) is 0.318. The smallest absolute Gasteiger partial charge is 0.223 e. The lowest BCUT2D eigenvalue weighted by molar-refractivity contribution is 0.461. The fourth-order valence-electron chi connectivity index (χ4n) is 3.58. The molecule has 142 valence electrons. The Kier molecular flexibility index (Phi) is 5.63. The monoisotopic (exact) mass is 389 g/mol. The average molecular weight is 390 g/mol. The molecule has 0 bridgehead atoms. The van der Waals surface area contributed by atoms with Crippen molar-refractivity contribution in [2.75, 3.05) is 5.32 Å². The summed E-state index contributed by atoms with van der Waals surface area (Å²) >= 11 is 1.53. The van der Waals surface area contributed by atoms with Gasteiger partial charge < -0.3 is 10.6 Å². The normalized spacial score (nSPS) is 18.8. The minimum absolute atomic E-state index is 0.424. The van der Waals surface area contributed by atoms with Crippen LogP contribution in [0.1, 0.15) is 48.9 Å². The van der Waals surface area contributed by atoms with Gasteiger partial charge >= 0.3 is 0 Å². The summed E-state index contributed by atoms with van der Waals surface area (Å²) in [6, 6.07) is 12.9. The molecule has 2 heterocycles. The van der Waals surface area contributed by atoms with E-state index in [0.717, 1.165) is 34.7 Å². The van der Waals surface area contributed by atoms with Crippen molar-refractivity contribution in [3.63, 3.8) is 0 Å². The second kappa shape index (κ2) is 8.49. The summed E-state index contributed by atoms with van der Waals surface area (Å²) in [6.45, 7) is 1.95. The van der Waals surface area contributed by atoms with Crippen molar-refractivity contribution in [2.24, 2.45) is 0 Å². The minimum atomic E-state index is 0.424. The van der Waals surface area contributed by atoms with E-state index in [0.29, 0.717) is 23.3 Å². The lowest BCUT2D eigenvalue weighted by atomic mass is 9.96. The molecule has 2 aliphatic rings. The van der Waals surface area contributed by atoms with Crippen molar-refractivity contribution >= 4 is 29.0 Å². The van der Waals surface area contributed by atoms with E-state index in [9.17, 15) is 5.26 Å². The van der Waals surface area contributed by atoms with Gasteiger partial charge in [-0.3, -0.25) is 0 Å². The van der Waals surface area contributed by atoms with Crippen LogP contribution in [-0.4, -0.2) is 16.0 Å². The topological polar surface area (TPSA) is 73.6 Å². The van der Waals surface area contributed by atoms with Gasteiger partial charge in [0.25, 0.3) is 0 Å². The number of hydrogen-bond acceptors (Lipinski definition) is 6. The molecule has 1 aromatic heterocycles. The summed E-state index contributed by atoms with van der Waals surface area (Å²) in [5, 5.41) is 19.6. The molecule has 1 fully saturated rings. The second-order valence-corrected chi connectivity index (χ2v) is 8.04. The van der Waals surface area contributed by atoms with Crippen molar-refractivity contribution in [2.45, 2.75) is 45.1 Å². The molecule has 0 radical (unpaired) electrons. The first-order valence-electron chi connectivity index (χ1n) is 9.69. The highest BCUT2D eigenvalue weighted by atomic mass is 32.2. The Morgan fingerprint density at radius 2 is 2.00 bits per heavy atom. The van der Waals surface area contributed by atoms with Gasteiger partial charge in [0.05, 0.1) is 16.4 Å². The minimum Gasteiger partial charge on any atom is -0.351 e. The molecular weight excluding hydrogens is 366 g/mol. The van der Waals surface area contributed by atoms with E-state index >= 15 is 0 Å². The Morgan fingerprint density at radius 3 is 2.75 bits per heavy atom. The highest BCUT2D eigenvalue weighted by molar-refractivity contribution is 8.06. The fourth-order valence-corrected chi connectivity index (χ4v) is 4.44. The Bertz CT molecular complexity index is 953. The van der Waals surface area contributed by atoms with E-state index in [4.69, 9.17) is 4.98 Å². The predicted molar refractivity (Wildman–Crippen MR) is 115 cm³/mol. The zero-order chi connectivity index (χ0) is 19.3. The van der Waals surface area contributed by atoms with Crippen LogP contribution in [0.2, 0.25) is 0 Å². The summed E-state index contributed by atoms with van der Waals surface area (Å²) in [5.41, 5.74) is 4.24. The summed E-state index contributed by atoms with van der Waals surface area (Å²) in [7, 11) is 0. The Labute approximate surface area is 170 Å². The lowest BCUT2D eigenvalue weighted by Crippen LogP contribution is -2.23. The maximum Gasteiger partial charge on any atom is 0.223 e. The van der Waals surface area contributed by atoms with Crippen LogP contribution in [0.5, 0.6) is 0 Å². The van der Waals surface area contributed by atoms with E-state index in [2.05, 4.69) is 33.8 Å². The first-order valence-corrected chi connectivity index (χ1v) is 10.6. The third-order valence-corrected chi connectivity index (χ3v) is 6.01. The van der Waals surface area contributed by atoms with Gasteiger partial charge in [-0.1, -0.05) is 61.4 Å². The van der Waals surface area contributed by atoms with Crippen molar-refractivity contribution < 1.29 is 0 Å². The molecule has 0 unspecified atom stereocenters. The van der Waals surface area contributed by atoms with Gasteiger partial charge in [-0.25, -0.2) is 9.97 Å². The Hall–Kier alpha value is -2.78. The van der Waals surface area contributed by atoms with Crippen LogP contribution in [-0.2, 0) is 0 Å². The van der Waals surface area contributed by atoms with Gasteiger partial charge in [-0.05, 0) is 30.9 Å². The largest absolute Gasteiger partial charge is 0.351 e. The van der Waals surface area contributed by atoms with E-state index in [1.165, 1.54) is 31.0 Å². The van der Waals surface area contributed by atoms with Gasteiger partial charge in [-0.15, -0.1) is 0 Å². The first kappa shape index (κ1) is 18.6. The van der Waals surface area contributed by atoms with Crippen LogP contribution in [0.3, 0.4) is 0 Å². The van der Waals surface area contributed by atoms with Crippen LogP contribution in [0.15, 0.2) is 47.0 Å². The number of nitriles is 1. The SMILES string of the molecule is Cc1cnc(NC2CCCCC2)nc1C(C#N)=C1NC(c2ccccc2)=CS1. The van der Waals surface area contributed by atoms with Gasteiger partial charge in [-0.2, -0.15) is 5.26 Å². The number of aryl methyl sites for hydroxylation is 1. The van der Waals surface area contributed by atoms with E-state index < -0.39 is 0 Å². The van der Waals surface area contributed by atoms with E-state index in [-0.39, 0.29) is 0 Å². The van der Waals surface area contributed by atoms with Gasteiger partial charge in [0.1, 0.15) is 11.6 Å². The Balaban J connectivity index is 1.59. The maximum absolute atomic E-state index is 9.87. The van der Waals surface area contributed by atoms with Crippen LogP contribution in [0.4, 0.5) is 5.95 Å². The quantitative estimate of drug-likeness (QED) is 0.712. The summed E-state index contributed by atoms with van der Waals surface area (Å²) in [4.78, 5) is 9.15. The molecule has 2 aromatic rings. The average Bonchev–Trinajstić information content (AvgIpc) is 3.22. The van der Waals surface area contributed by atoms with Crippen molar-refractivity contribution in [3.8, 4) is 6.07 Å².